The molecular weight excluding hydrogens is 260 g/mol. The molecule has 94 valence electrons. The van der Waals surface area contributed by atoms with E-state index in [0.717, 1.165) is 29.4 Å². The molecule has 3 rings (SSSR count). The van der Waals surface area contributed by atoms with Gasteiger partial charge in [-0.25, -0.2) is 8.42 Å². The maximum absolute atomic E-state index is 11.6. The molecule has 0 saturated heterocycles. The summed E-state index contributed by atoms with van der Waals surface area (Å²) in [6.45, 7) is 0.898. The van der Waals surface area contributed by atoms with E-state index in [1.54, 1.807) is 0 Å². The highest BCUT2D eigenvalue weighted by molar-refractivity contribution is 7.90. The largest absolute Gasteiger partial charge is 0.267 e. The number of nitrogens with zero attached hydrogens (tertiary/aromatic N) is 2. The normalized spacial score (nSPS) is 22.4. The molecule has 0 unspecified atom stereocenters. The van der Waals surface area contributed by atoms with Crippen LogP contribution in [0.25, 0.3) is 0 Å². The molecule has 4 nitrogen and oxygen atoms in total. The van der Waals surface area contributed by atoms with Gasteiger partial charge in [0.1, 0.15) is 0 Å². The van der Waals surface area contributed by atoms with E-state index in [-0.39, 0.29) is 11.5 Å². The highest BCUT2D eigenvalue weighted by atomic mass is 35.5. The Bertz CT molecular complexity index is 546. The van der Waals surface area contributed by atoms with Crippen LogP contribution in [0.15, 0.2) is 0 Å². The highest BCUT2D eigenvalue weighted by Crippen LogP contribution is 2.33. The van der Waals surface area contributed by atoms with Gasteiger partial charge in [-0.05, 0) is 18.8 Å². The van der Waals surface area contributed by atoms with Crippen LogP contribution < -0.4 is 0 Å². The first kappa shape index (κ1) is 11.5. The first-order chi connectivity index (χ1) is 8.09. The number of rotatable bonds is 3. The van der Waals surface area contributed by atoms with Crippen molar-refractivity contribution in [2.24, 2.45) is 5.92 Å². The first-order valence-electron chi connectivity index (χ1n) is 5.93. The molecule has 1 aromatic heterocycles. The Morgan fingerprint density at radius 3 is 2.82 bits per heavy atom. The minimum atomic E-state index is -2.94. The summed E-state index contributed by atoms with van der Waals surface area (Å²) in [4.78, 5) is 0. The van der Waals surface area contributed by atoms with Gasteiger partial charge in [0.25, 0.3) is 0 Å². The third kappa shape index (κ3) is 2.22. The second kappa shape index (κ2) is 3.99. The lowest BCUT2D eigenvalue weighted by Gasteiger charge is -2.11. The van der Waals surface area contributed by atoms with E-state index in [1.807, 2.05) is 4.68 Å². The van der Waals surface area contributed by atoms with Crippen molar-refractivity contribution in [1.82, 2.24) is 9.78 Å². The molecule has 0 amide bonds. The van der Waals surface area contributed by atoms with Crippen LogP contribution in [0, 0.1) is 5.92 Å². The van der Waals surface area contributed by atoms with E-state index in [0.29, 0.717) is 12.3 Å². The summed E-state index contributed by atoms with van der Waals surface area (Å²) in [5.74, 6) is 1.41. The van der Waals surface area contributed by atoms with Crippen LogP contribution in [0.2, 0.25) is 0 Å². The van der Waals surface area contributed by atoms with Gasteiger partial charge in [0, 0.05) is 18.5 Å². The Hall–Kier alpha value is -0.550. The van der Waals surface area contributed by atoms with Gasteiger partial charge >= 0.3 is 0 Å². The Labute approximate surface area is 106 Å². The maximum atomic E-state index is 11.6. The fourth-order valence-corrected chi connectivity index (χ4v) is 4.07. The molecule has 0 spiro atoms. The van der Waals surface area contributed by atoms with E-state index < -0.39 is 9.84 Å². The Kier molecular flexibility index (Phi) is 2.70. The van der Waals surface area contributed by atoms with E-state index in [4.69, 9.17) is 11.6 Å². The number of alkyl halides is 1. The first-order valence-corrected chi connectivity index (χ1v) is 8.28. The molecule has 17 heavy (non-hydrogen) atoms. The van der Waals surface area contributed by atoms with E-state index in [2.05, 4.69) is 5.10 Å². The fourth-order valence-electron chi connectivity index (χ4n) is 2.35. The Morgan fingerprint density at radius 2 is 2.18 bits per heavy atom. The third-order valence-corrected chi connectivity index (χ3v) is 5.33. The average molecular weight is 275 g/mol. The predicted molar refractivity (Wildman–Crippen MR) is 65.7 cm³/mol. The van der Waals surface area contributed by atoms with Crippen LogP contribution in [0.4, 0.5) is 0 Å². The molecule has 0 aromatic carbocycles. The monoisotopic (exact) mass is 274 g/mol. The van der Waals surface area contributed by atoms with Crippen molar-refractivity contribution in [3.8, 4) is 0 Å². The zero-order valence-corrected chi connectivity index (χ0v) is 11.1. The summed E-state index contributed by atoms with van der Waals surface area (Å²) in [7, 11) is -2.94. The van der Waals surface area contributed by atoms with Crippen LogP contribution in [0.3, 0.4) is 0 Å². The number of hydrogen-bond acceptors (Lipinski definition) is 3. The van der Waals surface area contributed by atoms with Gasteiger partial charge in [0.15, 0.2) is 9.84 Å². The molecule has 6 heteroatoms. The number of sulfone groups is 1. The van der Waals surface area contributed by atoms with Gasteiger partial charge in [0.2, 0.25) is 0 Å². The lowest BCUT2D eigenvalue weighted by atomic mass is 10.2. The molecule has 0 radical (unpaired) electrons. The van der Waals surface area contributed by atoms with Crippen molar-refractivity contribution in [2.45, 2.75) is 37.4 Å². The average Bonchev–Trinajstić information content (AvgIpc) is 2.99. The van der Waals surface area contributed by atoms with Crippen LogP contribution in [-0.2, 0) is 34.4 Å². The van der Waals surface area contributed by atoms with Crippen molar-refractivity contribution in [1.29, 1.82) is 0 Å². The predicted octanol–water partition coefficient (Wildman–Crippen LogP) is 1.50. The van der Waals surface area contributed by atoms with Crippen molar-refractivity contribution in [3.63, 3.8) is 0 Å². The SMILES string of the molecule is O=S1(=O)CCc2nn(CC3CC3)c(CCl)c2C1. The van der Waals surface area contributed by atoms with Crippen LogP contribution >= 0.6 is 11.6 Å². The zero-order valence-electron chi connectivity index (χ0n) is 9.52. The van der Waals surface area contributed by atoms with Gasteiger partial charge in [-0.3, -0.25) is 4.68 Å². The van der Waals surface area contributed by atoms with Crippen LogP contribution in [-0.4, -0.2) is 24.0 Å². The molecule has 1 aromatic rings. The minimum absolute atomic E-state index is 0.120. The number of aryl methyl sites for hydroxylation is 1. The Balaban J connectivity index is 1.99. The number of fused-ring (bicyclic) bond motifs is 1. The van der Waals surface area contributed by atoms with Gasteiger partial charge < -0.3 is 0 Å². The summed E-state index contributed by atoms with van der Waals surface area (Å²) in [6, 6.07) is 0. The topological polar surface area (TPSA) is 52.0 Å². The van der Waals surface area contributed by atoms with Crippen molar-refractivity contribution >= 4 is 21.4 Å². The molecule has 1 aliphatic carbocycles. The lowest BCUT2D eigenvalue weighted by molar-refractivity contribution is 0.542. The second-order valence-electron chi connectivity index (χ2n) is 4.97. The maximum Gasteiger partial charge on any atom is 0.154 e. The number of hydrogen-bond donors (Lipinski definition) is 0. The van der Waals surface area contributed by atoms with Crippen molar-refractivity contribution in [2.75, 3.05) is 5.75 Å². The Morgan fingerprint density at radius 1 is 1.41 bits per heavy atom. The van der Waals surface area contributed by atoms with Gasteiger partial charge in [0.05, 0.1) is 28.8 Å². The molecule has 2 aliphatic rings. The molecule has 2 heterocycles. The minimum Gasteiger partial charge on any atom is -0.267 e. The standard InChI is InChI=1S/C11H15ClN2O2S/c12-5-11-9-7-17(15,16)4-3-10(9)13-14(11)6-8-1-2-8/h8H,1-7H2. The molecule has 1 fully saturated rings. The number of aromatic nitrogens is 2. The summed E-state index contributed by atoms with van der Waals surface area (Å²) < 4.78 is 25.2. The zero-order chi connectivity index (χ0) is 12.0. The van der Waals surface area contributed by atoms with Gasteiger partial charge in [-0.15, -0.1) is 11.6 Å². The smallest absolute Gasteiger partial charge is 0.154 e. The second-order valence-corrected chi connectivity index (χ2v) is 7.42. The highest BCUT2D eigenvalue weighted by Gasteiger charge is 2.30. The molecular formula is C11H15ClN2O2S. The van der Waals surface area contributed by atoms with Gasteiger partial charge in [-0.2, -0.15) is 5.10 Å². The van der Waals surface area contributed by atoms with Crippen LogP contribution in [0.1, 0.15) is 29.8 Å². The quantitative estimate of drug-likeness (QED) is 0.785. The van der Waals surface area contributed by atoms with E-state index >= 15 is 0 Å². The molecule has 0 atom stereocenters. The van der Waals surface area contributed by atoms with Gasteiger partial charge in [-0.1, -0.05) is 0 Å². The fraction of sp³-hybridized carbons (Fsp3) is 0.727. The molecule has 1 aliphatic heterocycles. The van der Waals surface area contributed by atoms with Crippen LogP contribution in [0.5, 0.6) is 0 Å². The summed E-state index contributed by atoms with van der Waals surface area (Å²) in [5, 5.41) is 4.54. The third-order valence-electron chi connectivity index (χ3n) is 3.52. The van der Waals surface area contributed by atoms with Crippen molar-refractivity contribution in [3.05, 3.63) is 17.0 Å². The summed E-state index contributed by atoms with van der Waals surface area (Å²) in [6.07, 6.45) is 3.05. The summed E-state index contributed by atoms with van der Waals surface area (Å²) >= 11 is 5.95. The van der Waals surface area contributed by atoms with E-state index in [1.165, 1.54) is 12.8 Å². The molecule has 0 bridgehead atoms. The van der Waals surface area contributed by atoms with Crippen molar-refractivity contribution < 1.29 is 8.42 Å². The molecule has 1 saturated carbocycles. The molecule has 0 N–H and O–H groups in total. The number of halogens is 1. The summed E-state index contributed by atoms with van der Waals surface area (Å²) in [5.41, 5.74) is 2.72. The lowest BCUT2D eigenvalue weighted by Crippen LogP contribution is -2.18. The van der Waals surface area contributed by atoms with E-state index in [9.17, 15) is 8.42 Å².